The number of nitrogens with zero attached hydrogens (tertiary/aromatic N) is 6. The number of anilines is 1. The number of amides is 1. The number of ether oxygens (including phenoxy) is 1. The molecule has 4 aliphatic rings. The van der Waals surface area contributed by atoms with E-state index in [9.17, 15) is 9.59 Å². The monoisotopic (exact) mass is 643 g/mol. The average molecular weight is 644 g/mol. The van der Waals surface area contributed by atoms with Gasteiger partial charge in [0.15, 0.2) is 11.6 Å². The van der Waals surface area contributed by atoms with E-state index in [4.69, 9.17) is 20.4 Å². The van der Waals surface area contributed by atoms with Gasteiger partial charge in [-0.25, -0.2) is 9.97 Å². The van der Waals surface area contributed by atoms with Gasteiger partial charge in [0.2, 0.25) is 0 Å². The highest BCUT2D eigenvalue weighted by Gasteiger charge is 2.47. The lowest BCUT2D eigenvalue weighted by molar-refractivity contribution is 0.0700. The van der Waals surface area contributed by atoms with Crippen LogP contribution in [-0.2, 0) is 13.1 Å². The molecule has 0 unspecified atom stereocenters. The summed E-state index contributed by atoms with van der Waals surface area (Å²) < 4.78 is 10.7. The first-order chi connectivity index (χ1) is 23.4. The predicted octanol–water partition coefficient (Wildman–Crippen LogP) is 5.37. The van der Waals surface area contributed by atoms with Crippen LogP contribution in [0.15, 0.2) is 60.8 Å². The molecule has 0 radical (unpaired) electrons. The van der Waals surface area contributed by atoms with E-state index in [-0.39, 0.29) is 23.8 Å². The number of likely N-dealkylation sites (tertiary alicyclic amines) is 1. The molecule has 3 aromatic heterocycles. The Kier molecular flexibility index (Phi) is 6.86. The number of hydrogen-bond acceptors (Lipinski definition) is 7. The quantitative estimate of drug-likeness (QED) is 0.215. The number of fused-ring (bicyclic) bond motifs is 4. The van der Waals surface area contributed by atoms with E-state index in [1.807, 2.05) is 53.6 Å². The predicted molar refractivity (Wildman–Crippen MR) is 185 cm³/mol. The molecule has 2 bridgehead atoms. The van der Waals surface area contributed by atoms with Gasteiger partial charge in [-0.3, -0.25) is 9.59 Å². The number of ketones is 1. The van der Waals surface area contributed by atoms with Gasteiger partial charge in [0.05, 0.1) is 18.3 Å². The first-order valence-electron chi connectivity index (χ1n) is 17.3. The van der Waals surface area contributed by atoms with Crippen molar-refractivity contribution in [3.63, 3.8) is 0 Å². The SMILES string of the molecule is COc1cc(C(=O)N2C[C@H]3CC[C@@H]2[C@@H]3N)cc2nc(-c3cc4cccnc4n3CC3CC3)n(CC3CN(c4ccccc4C(C)=O)C3)c12. The molecule has 9 rings (SSSR count). The van der Waals surface area contributed by atoms with Crippen LogP contribution in [0.1, 0.15) is 53.3 Å². The number of benzene rings is 2. The Morgan fingerprint density at radius 1 is 0.938 bits per heavy atom. The first kappa shape index (κ1) is 29.4. The molecule has 4 fully saturated rings. The van der Waals surface area contributed by atoms with Crippen LogP contribution in [0.25, 0.3) is 33.6 Å². The largest absolute Gasteiger partial charge is 0.494 e. The number of carbonyl (C=O) groups is 2. The highest BCUT2D eigenvalue weighted by molar-refractivity contribution is 6.01. The normalized spacial score (nSPS) is 22.2. The van der Waals surface area contributed by atoms with Gasteiger partial charge in [-0.15, -0.1) is 0 Å². The minimum Gasteiger partial charge on any atom is -0.494 e. The van der Waals surface area contributed by atoms with Crippen molar-refractivity contribution in [2.45, 2.75) is 57.8 Å². The molecule has 2 saturated carbocycles. The number of methoxy groups -OCH3 is 1. The van der Waals surface area contributed by atoms with Gasteiger partial charge in [-0.05, 0) is 86.9 Å². The number of Topliss-reactive ketones (excluding diaryl/α,β-unsaturated/α-hetero) is 1. The first-order valence-corrected chi connectivity index (χ1v) is 17.3. The molecular formula is C38H41N7O3. The molecule has 3 atom stereocenters. The van der Waals surface area contributed by atoms with E-state index in [2.05, 4.69) is 26.2 Å². The van der Waals surface area contributed by atoms with Gasteiger partial charge >= 0.3 is 0 Å². The molecule has 0 spiro atoms. The maximum absolute atomic E-state index is 14.0. The number of imidazole rings is 1. The third-order valence-electron chi connectivity index (χ3n) is 11.2. The summed E-state index contributed by atoms with van der Waals surface area (Å²) in [6.07, 6.45) is 6.36. The van der Waals surface area contributed by atoms with Gasteiger partial charge in [0, 0.05) is 79.1 Å². The number of pyridine rings is 1. The fourth-order valence-electron chi connectivity index (χ4n) is 8.53. The van der Waals surface area contributed by atoms with Crippen molar-refractivity contribution in [3.8, 4) is 17.3 Å². The molecular weight excluding hydrogens is 602 g/mol. The van der Waals surface area contributed by atoms with Gasteiger partial charge in [-0.1, -0.05) is 12.1 Å². The van der Waals surface area contributed by atoms with Crippen LogP contribution in [0.2, 0.25) is 0 Å². The van der Waals surface area contributed by atoms with Crippen LogP contribution in [0, 0.1) is 17.8 Å². The molecule has 10 heteroatoms. The number of rotatable bonds is 9. The fraction of sp³-hybridized carbons (Fsp3) is 0.421. The summed E-state index contributed by atoms with van der Waals surface area (Å²) in [6, 6.07) is 18.1. The van der Waals surface area contributed by atoms with E-state index in [1.165, 1.54) is 12.8 Å². The van der Waals surface area contributed by atoms with Crippen molar-refractivity contribution >= 4 is 39.4 Å². The van der Waals surface area contributed by atoms with Gasteiger partial charge in [0.25, 0.3) is 5.91 Å². The average Bonchev–Trinajstić information content (AvgIpc) is 3.44. The number of piperidine rings is 1. The highest BCUT2D eigenvalue weighted by atomic mass is 16.5. The minimum absolute atomic E-state index is 0.000214. The number of nitrogens with two attached hydrogens (primary N) is 1. The van der Waals surface area contributed by atoms with Gasteiger partial charge < -0.3 is 29.4 Å². The van der Waals surface area contributed by atoms with E-state index in [0.29, 0.717) is 35.6 Å². The Hall–Kier alpha value is -4.70. The van der Waals surface area contributed by atoms with Crippen LogP contribution in [0.3, 0.4) is 0 Å². The summed E-state index contributed by atoms with van der Waals surface area (Å²) in [4.78, 5) is 40.7. The maximum Gasteiger partial charge on any atom is 0.254 e. The molecule has 2 aromatic carbocycles. The summed E-state index contributed by atoms with van der Waals surface area (Å²) in [7, 11) is 1.67. The van der Waals surface area contributed by atoms with Crippen LogP contribution >= 0.6 is 0 Å². The lowest BCUT2D eigenvalue weighted by Gasteiger charge is -2.42. The molecule has 5 aromatic rings. The van der Waals surface area contributed by atoms with Crippen LogP contribution in [-0.4, -0.2) is 74.5 Å². The van der Waals surface area contributed by atoms with Crippen molar-refractivity contribution < 1.29 is 14.3 Å². The van der Waals surface area contributed by atoms with E-state index < -0.39 is 0 Å². The number of aromatic nitrogens is 4. The standard InChI is InChI=1S/C38H41N7O3/c1-22(46)28-7-3-4-8-30(28)42-17-24(18-42)20-45-35-29(14-27(16-33(35)48-2)38(47)44-21-26-11-12-31(44)34(26)39)41-37(45)32-15-25-6-5-13-40-36(25)43(32)19-23-9-10-23/h3-8,13-16,23-24,26,31,34H,9-12,17-21,39H2,1-2H3/t26-,31-,34-/m1/s1. The lowest BCUT2D eigenvalue weighted by Crippen LogP contribution is -2.49. The maximum atomic E-state index is 14.0. The van der Waals surface area contributed by atoms with Crippen molar-refractivity contribution in [1.82, 2.24) is 24.0 Å². The summed E-state index contributed by atoms with van der Waals surface area (Å²) >= 11 is 0. The summed E-state index contributed by atoms with van der Waals surface area (Å²) in [5, 5.41) is 1.09. The molecule has 1 amide bonds. The number of hydrogen-bond donors (Lipinski definition) is 1. The van der Waals surface area contributed by atoms with Gasteiger partial charge in [0.1, 0.15) is 16.9 Å². The molecule has 2 aliphatic heterocycles. The Balaban J connectivity index is 1.14. The Morgan fingerprint density at radius 3 is 2.48 bits per heavy atom. The smallest absolute Gasteiger partial charge is 0.254 e. The van der Waals surface area contributed by atoms with E-state index in [1.54, 1.807) is 14.0 Å². The third kappa shape index (κ3) is 4.71. The second kappa shape index (κ2) is 11.2. The molecule has 246 valence electrons. The van der Waals surface area contributed by atoms with Crippen molar-refractivity contribution in [3.05, 3.63) is 71.9 Å². The highest BCUT2D eigenvalue weighted by Crippen LogP contribution is 2.41. The second-order valence-electron chi connectivity index (χ2n) is 14.4. The van der Waals surface area contributed by atoms with Crippen molar-refractivity contribution in [1.29, 1.82) is 0 Å². The zero-order valence-corrected chi connectivity index (χ0v) is 27.5. The fourth-order valence-corrected chi connectivity index (χ4v) is 8.53. The van der Waals surface area contributed by atoms with Crippen molar-refractivity contribution in [2.24, 2.45) is 23.5 Å². The molecule has 2 saturated heterocycles. The molecule has 2 N–H and O–H groups in total. The molecule has 5 heterocycles. The van der Waals surface area contributed by atoms with E-state index >= 15 is 0 Å². The minimum atomic E-state index is -0.000214. The molecule has 10 nitrogen and oxygen atoms in total. The molecule has 2 aliphatic carbocycles. The molecule has 48 heavy (non-hydrogen) atoms. The second-order valence-corrected chi connectivity index (χ2v) is 14.4. The summed E-state index contributed by atoms with van der Waals surface area (Å²) in [5.41, 5.74) is 12.5. The zero-order chi connectivity index (χ0) is 32.7. The van der Waals surface area contributed by atoms with E-state index in [0.717, 1.165) is 83.9 Å². The van der Waals surface area contributed by atoms with Gasteiger partial charge in [-0.2, -0.15) is 0 Å². The lowest BCUT2D eigenvalue weighted by atomic mass is 9.96. The zero-order valence-electron chi connectivity index (χ0n) is 27.5. The number of carbonyl (C=O) groups excluding carboxylic acids is 2. The van der Waals surface area contributed by atoms with Crippen LogP contribution in [0.5, 0.6) is 5.75 Å². The Morgan fingerprint density at radius 2 is 1.75 bits per heavy atom. The topological polar surface area (TPSA) is 112 Å². The van der Waals surface area contributed by atoms with Crippen LogP contribution in [0.4, 0.5) is 5.69 Å². The third-order valence-corrected chi connectivity index (χ3v) is 11.2. The Labute approximate surface area is 279 Å². The number of para-hydroxylation sites is 1. The summed E-state index contributed by atoms with van der Waals surface area (Å²) in [5.74, 6) is 2.92. The Bertz CT molecular complexity index is 2090. The summed E-state index contributed by atoms with van der Waals surface area (Å²) in [6.45, 7) is 5.61. The van der Waals surface area contributed by atoms with Crippen LogP contribution < -0.4 is 15.4 Å². The van der Waals surface area contributed by atoms with Crippen molar-refractivity contribution in [2.75, 3.05) is 31.6 Å².